The van der Waals surface area contributed by atoms with E-state index >= 15 is 0 Å². The van der Waals surface area contributed by atoms with Crippen molar-refractivity contribution in [2.75, 3.05) is 0 Å². The molecule has 0 aromatic heterocycles. The van der Waals surface area contributed by atoms with Crippen LogP contribution in [0.3, 0.4) is 0 Å². The molecule has 0 nitrogen and oxygen atoms in total. The third-order valence-electron chi connectivity index (χ3n) is 8.06. The Morgan fingerprint density at radius 3 is 1.00 bits per heavy atom. The molecule has 0 N–H and O–H groups in total. The lowest BCUT2D eigenvalue weighted by molar-refractivity contribution is 0.652. The number of aryl methyl sites for hydroxylation is 3. The topological polar surface area (TPSA) is 0 Å². The standard InChI is InChI=1S/C37H51Cl/c1-4-7-10-13-22-31-25-16-19-28-34(31)37(38,35-29-20-17-26-32(35)23-14-11-8-5-2)36-30-21-18-27-33(36)24-15-12-9-6-3/h16-21,25-30H,4-15,22-24H2,1-3H3. The first-order valence-electron chi connectivity index (χ1n) is 15.6. The van der Waals surface area contributed by atoms with Crippen LogP contribution >= 0.6 is 11.6 Å². The second-order valence-electron chi connectivity index (χ2n) is 11.1. The van der Waals surface area contributed by atoms with Crippen molar-refractivity contribution in [1.29, 1.82) is 0 Å². The maximum Gasteiger partial charge on any atom is 0.120 e. The molecule has 3 rings (SSSR count). The molecule has 3 aromatic rings. The monoisotopic (exact) mass is 530 g/mol. The van der Waals surface area contributed by atoms with E-state index in [0.29, 0.717) is 0 Å². The second kappa shape index (κ2) is 16.8. The number of unbranched alkanes of at least 4 members (excludes halogenated alkanes) is 9. The van der Waals surface area contributed by atoms with Crippen LogP contribution in [0, 0.1) is 0 Å². The van der Waals surface area contributed by atoms with Crippen molar-refractivity contribution in [1.82, 2.24) is 0 Å². The maximum atomic E-state index is 8.15. The van der Waals surface area contributed by atoms with Crippen LogP contribution in [-0.2, 0) is 24.1 Å². The zero-order valence-corrected chi connectivity index (χ0v) is 25.2. The Labute approximate surface area is 239 Å². The summed E-state index contributed by atoms with van der Waals surface area (Å²) >= 11 is 8.15. The highest BCUT2D eigenvalue weighted by Gasteiger charge is 2.38. The van der Waals surface area contributed by atoms with Crippen molar-refractivity contribution < 1.29 is 0 Å². The molecule has 0 aliphatic carbocycles. The van der Waals surface area contributed by atoms with Gasteiger partial charge in [0.05, 0.1) is 0 Å². The average molecular weight is 531 g/mol. The molecule has 0 aliphatic rings. The van der Waals surface area contributed by atoms with Gasteiger partial charge in [0.2, 0.25) is 0 Å². The van der Waals surface area contributed by atoms with Crippen molar-refractivity contribution >= 4 is 11.6 Å². The van der Waals surface area contributed by atoms with Crippen molar-refractivity contribution in [3.8, 4) is 0 Å². The summed E-state index contributed by atoms with van der Waals surface area (Å²) in [6.07, 6.45) is 18.4. The molecule has 0 bridgehead atoms. The summed E-state index contributed by atoms with van der Waals surface area (Å²) in [6.45, 7) is 6.85. The van der Waals surface area contributed by atoms with Crippen LogP contribution < -0.4 is 0 Å². The van der Waals surface area contributed by atoms with Crippen LogP contribution in [0.4, 0.5) is 0 Å². The van der Waals surface area contributed by atoms with E-state index in [1.807, 2.05) is 0 Å². The molecule has 0 heterocycles. The molecule has 38 heavy (non-hydrogen) atoms. The van der Waals surface area contributed by atoms with E-state index in [0.717, 1.165) is 19.3 Å². The highest BCUT2D eigenvalue weighted by Crippen LogP contribution is 2.47. The minimum Gasteiger partial charge on any atom is -0.104 e. The SMILES string of the molecule is CCCCCCc1ccccc1C(Cl)(c1ccccc1CCCCCC)c1ccccc1CCCCCC. The molecule has 0 unspecified atom stereocenters. The number of rotatable bonds is 18. The Morgan fingerprint density at radius 1 is 0.421 bits per heavy atom. The van der Waals surface area contributed by atoms with Crippen molar-refractivity contribution in [3.05, 3.63) is 106 Å². The van der Waals surface area contributed by atoms with Gasteiger partial charge in [0, 0.05) is 0 Å². The third kappa shape index (κ3) is 8.22. The van der Waals surface area contributed by atoms with Gasteiger partial charge in [-0.25, -0.2) is 0 Å². The summed E-state index contributed by atoms with van der Waals surface area (Å²) in [6, 6.07) is 27.1. The third-order valence-corrected chi connectivity index (χ3v) is 8.68. The summed E-state index contributed by atoms with van der Waals surface area (Å²) in [5, 5.41) is 0. The molecule has 0 amide bonds. The molecule has 0 radical (unpaired) electrons. The minimum atomic E-state index is -0.690. The summed E-state index contributed by atoms with van der Waals surface area (Å²) in [5.74, 6) is 0. The smallest absolute Gasteiger partial charge is 0.104 e. The molecule has 0 saturated carbocycles. The number of hydrogen-bond donors (Lipinski definition) is 0. The van der Waals surface area contributed by atoms with Crippen LogP contribution in [0.15, 0.2) is 72.8 Å². The van der Waals surface area contributed by atoms with Crippen LogP contribution in [0.2, 0.25) is 0 Å². The zero-order valence-electron chi connectivity index (χ0n) is 24.4. The van der Waals surface area contributed by atoms with E-state index < -0.39 is 4.87 Å². The van der Waals surface area contributed by atoms with Crippen molar-refractivity contribution in [2.45, 2.75) is 122 Å². The van der Waals surface area contributed by atoms with Gasteiger partial charge in [-0.15, -0.1) is 11.6 Å². The van der Waals surface area contributed by atoms with Gasteiger partial charge in [-0.2, -0.15) is 0 Å². The Kier molecular flexibility index (Phi) is 13.5. The van der Waals surface area contributed by atoms with Gasteiger partial charge in [0.15, 0.2) is 0 Å². The van der Waals surface area contributed by atoms with E-state index in [9.17, 15) is 0 Å². The maximum absolute atomic E-state index is 8.15. The Morgan fingerprint density at radius 2 is 0.711 bits per heavy atom. The lowest BCUT2D eigenvalue weighted by Crippen LogP contribution is -2.27. The van der Waals surface area contributed by atoms with Crippen LogP contribution in [0.5, 0.6) is 0 Å². The Bertz CT molecular complexity index is 931. The number of halogens is 1. The number of hydrogen-bond acceptors (Lipinski definition) is 0. The molecule has 3 aromatic carbocycles. The highest BCUT2D eigenvalue weighted by molar-refractivity contribution is 6.28. The second-order valence-corrected chi connectivity index (χ2v) is 11.6. The highest BCUT2D eigenvalue weighted by atomic mass is 35.5. The molecular formula is C37H51Cl. The molecule has 0 fully saturated rings. The lowest BCUT2D eigenvalue weighted by atomic mass is 9.76. The zero-order chi connectivity index (χ0) is 27.1. The van der Waals surface area contributed by atoms with Crippen molar-refractivity contribution in [2.24, 2.45) is 0 Å². The van der Waals surface area contributed by atoms with Gasteiger partial charge in [0.25, 0.3) is 0 Å². The Hall–Kier alpha value is -2.05. The van der Waals surface area contributed by atoms with Gasteiger partial charge in [-0.3, -0.25) is 0 Å². The molecule has 0 aliphatic heterocycles. The Balaban J connectivity index is 2.12. The fourth-order valence-corrected chi connectivity index (χ4v) is 6.44. The van der Waals surface area contributed by atoms with E-state index in [4.69, 9.17) is 11.6 Å². The van der Waals surface area contributed by atoms with Crippen molar-refractivity contribution in [3.63, 3.8) is 0 Å². The van der Waals surface area contributed by atoms with E-state index in [1.165, 1.54) is 110 Å². The van der Waals surface area contributed by atoms with Gasteiger partial charge in [-0.05, 0) is 71.9 Å². The molecule has 1 heteroatoms. The minimum absolute atomic E-state index is 0.690. The van der Waals surface area contributed by atoms with Gasteiger partial charge in [-0.1, -0.05) is 151 Å². The number of alkyl halides is 1. The first-order valence-corrected chi connectivity index (χ1v) is 16.0. The quantitative estimate of drug-likeness (QED) is 0.0870. The predicted octanol–water partition coefficient (Wildman–Crippen LogP) is 11.6. The van der Waals surface area contributed by atoms with Crippen LogP contribution in [0.25, 0.3) is 0 Å². The summed E-state index contributed by atoms with van der Waals surface area (Å²) in [4.78, 5) is -0.690. The molecule has 0 spiro atoms. The van der Waals surface area contributed by atoms with E-state index in [-0.39, 0.29) is 0 Å². The molecule has 206 valence electrons. The van der Waals surface area contributed by atoms with Crippen LogP contribution in [-0.4, -0.2) is 0 Å². The average Bonchev–Trinajstić information content (AvgIpc) is 2.96. The van der Waals surface area contributed by atoms with Gasteiger partial charge < -0.3 is 0 Å². The number of benzene rings is 3. The lowest BCUT2D eigenvalue weighted by Gasteiger charge is -2.35. The predicted molar refractivity (Wildman–Crippen MR) is 169 cm³/mol. The molecular weight excluding hydrogens is 480 g/mol. The molecule has 0 atom stereocenters. The summed E-state index contributed by atoms with van der Waals surface area (Å²) < 4.78 is 0. The first-order chi connectivity index (χ1) is 18.7. The van der Waals surface area contributed by atoms with Gasteiger partial charge >= 0.3 is 0 Å². The van der Waals surface area contributed by atoms with Gasteiger partial charge in [0.1, 0.15) is 4.87 Å². The normalized spacial score (nSPS) is 11.7. The first kappa shape index (κ1) is 30.5. The summed E-state index contributed by atoms with van der Waals surface area (Å²) in [5.41, 5.74) is 8.04. The largest absolute Gasteiger partial charge is 0.120 e. The molecule has 0 saturated heterocycles. The summed E-state index contributed by atoms with van der Waals surface area (Å²) in [7, 11) is 0. The fourth-order valence-electron chi connectivity index (χ4n) is 5.89. The van der Waals surface area contributed by atoms with E-state index in [1.54, 1.807) is 0 Å². The van der Waals surface area contributed by atoms with Crippen LogP contribution in [0.1, 0.15) is 131 Å². The fraction of sp³-hybridized carbons (Fsp3) is 0.514. The van der Waals surface area contributed by atoms with E-state index in [2.05, 4.69) is 93.6 Å².